The Morgan fingerprint density at radius 3 is 1.86 bits per heavy atom. The fraction of sp³-hybridized carbons (Fsp3) is 0.750. The van der Waals surface area contributed by atoms with Gasteiger partial charge in [0.1, 0.15) is 0 Å². The van der Waals surface area contributed by atoms with Gasteiger partial charge in [-0.05, 0) is 0 Å². The molecule has 186 valence electrons. The van der Waals surface area contributed by atoms with Gasteiger partial charge in [0.25, 0.3) is 0 Å². The molecule has 1 unspecified atom stereocenters. The van der Waals surface area contributed by atoms with Gasteiger partial charge in [0.05, 0.1) is 0 Å². The fourth-order valence-electron chi connectivity index (χ4n) is 5.41. The molecule has 0 aliphatic rings. The van der Waals surface area contributed by atoms with Crippen LogP contribution in [0.15, 0.2) is 21.5 Å². The van der Waals surface area contributed by atoms with Gasteiger partial charge in [-0.2, -0.15) is 0 Å². The molecule has 3 nitrogen and oxygen atoms in total. The fourth-order valence-corrected chi connectivity index (χ4v) is 7.82. The first-order valence-corrected chi connectivity index (χ1v) is 16.4. The molecule has 1 aromatic rings. The van der Waals surface area contributed by atoms with Crippen molar-refractivity contribution in [1.29, 1.82) is 0 Å². The Morgan fingerprint density at radius 1 is 0.919 bits per heavy atom. The zero-order valence-corrected chi connectivity index (χ0v) is 28.2. The largest absolute Gasteiger partial charge is 1.00 e. The second-order valence-corrected chi connectivity index (χ2v) is 13.7. The smallest absolute Gasteiger partial charge is 1.00 e. The Bertz CT molecular complexity index is 807. The number of hydrogen-bond acceptors (Lipinski definition) is 3. The Kier molecular flexibility index (Phi) is 23.1. The van der Waals surface area contributed by atoms with Gasteiger partial charge >= 0.3 is 244 Å². The van der Waals surface area contributed by atoms with Gasteiger partial charge in [-0.3, -0.25) is 0 Å². The van der Waals surface area contributed by atoms with Crippen molar-refractivity contribution in [2.24, 2.45) is 0 Å². The summed E-state index contributed by atoms with van der Waals surface area (Å²) in [6.45, 7) is 2.28. The molecule has 17 heteroatoms. The van der Waals surface area contributed by atoms with E-state index >= 15 is 0 Å². The van der Waals surface area contributed by atoms with Crippen LogP contribution in [0.5, 0.6) is 5.75 Å². The van der Waals surface area contributed by atoms with Crippen molar-refractivity contribution in [3.8, 4) is 5.75 Å². The summed E-state index contributed by atoms with van der Waals surface area (Å²) in [5.41, 5.74) is -0.350. The first-order chi connectivity index (χ1) is 17.2. The van der Waals surface area contributed by atoms with Crippen LogP contribution in [0.1, 0.15) is 89.7 Å². The zero-order chi connectivity index (χ0) is 26.9. The summed E-state index contributed by atoms with van der Waals surface area (Å²) in [5.74, 6) is 2.26. The van der Waals surface area contributed by atoms with Crippen molar-refractivity contribution < 1.29 is 39.1 Å². The second-order valence-electron chi connectivity index (χ2n) is 11.6. The standard InChI is InChI=1S/C20H45B12O3S.Na/c1-2-3-4-5-6-7-8-9-10-11-12-13-14-36(17-18-15-19(33)20(34)16-35-18)27-31(28(21)22)32(29(23)24)30(25)26;/h15-16,23,34H,2-14,17,21-22,24-26H2,1H3;/q-1;+1/i21-1,22-1,23-1,24-1,25-1,26-1,27-1,28-1,29-1,30-1,31-1,32-1;. The molecule has 0 aromatic carbocycles. The maximum absolute atomic E-state index is 12.0. The van der Waals surface area contributed by atoms with Crippen LogP contribution in [-0.2, 0) is 5.75 Å². The molecule has 2 radical (unpaired) electrons. The van der Waals surface area contributed by atoms with E-state index in [4.69, 9.17) is 4.42 Å². The molecule has 0 aliphatic carbocycles. The van der Waals surface area contributed by atoms with Crippen LogP contribution in [0.2, 0.25) is 0 Å². The molecule has 0 fully saturated rings. The Morgan fingerprint density at radius 2 is 1.43 bits per heavy atom. The maximum atomic E-state index is 12.0. The van der Waals surface area contributed by atoms with Crippen molar-refractivity contribution in [2.75, 3.05) is 5.75 Å². The van der Waals surface area contributed by atoms with Crippen molar-refractivity contribution >= 4 is 94.7 Å². The first kappa shape index (κ1) is 37.9. The molecular weight excluding hydrogens is 463 g/mol. The van der Waals surface area contributed by atoms with E-state index in [0.29, 0.717) is 37.7 Å². The van der Waals surface area contributed by atoms with E-state index in [1.54, 1.807) is 0 Å². The van der Waals surface area contributed by atoms with Gasteiger partial charge in [0.15, 0.2) is 0 Å². The Hall–Kier alpha value is 0.879. The third-order valence-electron chi connectivity index (χ3n) is 7.44. The third-order valence-corrected chi connectivity index (χ3v) is 9.61. The summed E-state index contributed by atoms with van der Waals surface area (Å²) in [5, 5.41) is 9.60. The van der Waals surface area contributed by atoms with E-state index in [2.05, 4.69) is 59.4 Å². The molecule has 1 aromatic heterocycles. The van der Waals surface area contributed by atoms with Gasteiger partial charge in [-0.1, -0.05) is 19.8 Å². The minimum absolute atomic E-state index is 0. The summed E-state index contributed by atoms with van der Waals surface area (Å²) < 4.78 is 5.60. The summed E-state index contributed by atoms with van der Waals surface area (Å²) in [4.78, 5) is 12.0. The monoisotopic (exact) mass is 508 g/mol. The van der Waals surface area contributed by atoms with E-state index in [9.17, 15) is 9.90 Å². The van der Waals surface area contributed by atoms with Crippen LogP contribution < -0.4 is 35.0 Å². The predicted molar refractivity (Wildman–Crippen MR) is 188 cm³/mol. The van der Waals surface area contributed by atoms with Gasteiger partial charge in [0, 0.05) is 0 Å². The van der Waals surface area contributed by atoms with Crippen LogP contribution >= 0.6 is 10.3 Å². The van der Waals surface area contributed by atoms with E-state index in [1.165, 1.54) is 89.4 Å². The van der Waals surface area contributed by atoms with E-state index in [-0.39, 0.29) is 51.1 Å². The molecule has 1 atom stereocenters. The molecule has 0 bridgehead atoms. The number of rotatable bonds is 20. The van der Waals surface area contributed by atoms with Crippen molar-refractivity contribution in [3.63, 3.8) is 0 Å². The number of unbranched alkanes of at least 4 members (excludes halogenated alkanes) is 11. The number of hydrogen-bond donors (Lipinski definition) is 1. The molecule has 0 aliphatic heterocycles. The minimum Gasteiger partial charge on any atom is 1.00 e. The van der Waals surface area contributed by atoms with Gasteiger partial charge in [-0.25, -0.2) is 0 Å². The molecule has 1 N–H and O–H groups in total. The summed E-state index contributed by atoms with van der Waals surface area (Å²) >= 11 is 0. The van der Waals surface area contributed by atoms with E-state index in [0.717, 1.165) is 11.5 Å². The Labute approximate surface area is 261 Å². The van der Waals surface area contributed by atoms with Crippen molar-refractivity contribution in [2.45, 2.75) is 89.7 Å². The summed E-state index contributed by atoms with van der Waals surface area (Å²) in [7, 11) is 16.0. The van der Waals surface area contributed by atoms with Gasteiger partial charge < -0.3 is 0 Å². The van der Waals surface area contributed by atoms with Gasteiger partial charge in [-0.15, -0.1) is 0 Å². The zero-order valence-electron chi connectivity index (χ0n) is 25.4. The molecule has 1 rings (SSSR count). The SMILES string of the molecule is [10BH-][10B]([10BH2])[10B]([10B]([10BH2])[10BH2])[10B]([10B]=S(CCCCCCCCCCCCCC)Cc1cc(=O)c(O)co1)[10B]([10BH2])[10BH2].[Na+]. The van der Waals surface area contributed by atoms with Crippen LogP contribution in [-0.4, -0.2) is 95.3 Å². The normalized spacial score (nSPS) is 11.3. The molecule has 0 saturated carbocycles. The maximum Gasteiger partial charge on any atom is 1.00 e. The van der Waals surface area contributed by atoms with Crippen LogP contribution in [0.4, 0.5) is 0 Å². The van der Waals surface area contributed by atoms with Crippen molar-refractivity contribution in [1.82, 2.24) is 0 Å². The predicted octanol–water partition coefficient (Wildman–Crippen LogP) is -4.23. The second kappa shape index (κ2) is 22.6. The molecule has 37 heavy (non-hydrogen) atoms. The van der Waals surface area contributed by atoms with E-state index in [1.807, 2.05) is 0 Å². The molecule has 0 saturated heterocycles. The summed E-state index contributed by atoms with van der Waals surface area (Å²) in [6.07, 6.45) is 20.0. The van der Waals surface area contributed by atoms with Crippen molar-refractivity contribution in [3.05, 3.63) is 28.3 Å². The van der Waals surface area contributed by atoms with Crippen LogP contribution in [0, 0.1) is 0 Å². The molecule has 0 amide bonds. The molecule has 1 heterocycles. The van der Waals surface area contributed by atoms with Crippen LogP contribution in [0.25, 0.3) is 0 Å². The summed E-state index contributed by atoms with van der Waals surface area (Å²) in [6, 6.07) is 4.06. The quantitative estimate of drug-likeness (QED) is 0.144. The number of aromatic hydroxyl groups is 1. The molecule has 0 spiro atoms. The van der Waals surface area contributed by atoms with Gasteiger partial charge in [0.2, 0.25) is 0 Å². The minimum atomic E-state index is -0.350. The average molecular weight is 509 g/mol. The third kappa shape index (κ3) is 16.7. The first-order valence-electron chi connectivity index (χ1n) is 14.8. The van der Waals surface area contributed by atoms with E-state index < -0.39 is 0 Å². The molecular formula is C20H45B12NaO3S. The average Bonchev–Trinajstić information content (AvgIpc) is 2.81. The topological polar surface area (TPSA) is 50.4 Å². The van der Waals surface area contributed by atoms with Crippen LogP contribution in [0.3, 0.4) is 0 Å². The Balaban J connectivity index is 0.0000130.